The second-order valence-corrected chi connectivity index (χ2v) is 8.20. The Labute approximate surface area is 190 Å². The van der Waals surface area contributed by atoms with Crippen LogP contribution in [0.5, 0.6) is 0 Å². The smallest absolute Gasteiger partial charge is 0.336 e. The van der Waals surface area contributed by atoms with Crippen LogP contribution in [-0.4, -0.2) is 21.0 Å². The lowest BCUT2D eigenvalue weighted by atomic mass is 9.96. The molecule has 0 aliphatic carbocycles. The van der Waals surface area contributed by atoms with Gasteiger partial charge in [0.15, 0.2) is 0 Å². The van der Waals surface area contributed by atoms with E-state index in [2.05, 4.69) is 4.98 Å². The lowest BCUT2D eigenvalue weighted by Crippen LogP contribution is -2.02. The van der Waals surface area contributed by atoms with Gasteiger partial charge in [-0.05, 0) is 30.3 Å². The lowest BCUT2D eigenvalue weighted by Gasteiger charge is -2.09. The van der Waals surface area contributed by atoms with Gasteiger partial charge < -0.3 is 5.11 Å². The van der Waals surface area contributed by atoms with Gasteiger partial charge in [0.05, 0.1) is 26.8 Å². The quantitative estimate of drug-likeness (QED) is 0.249. The molecule has 0 fully saturated rings. The molecule has 0 saturated heterocycles. The first kappa shape index (κ1) is 21.0. The summed E-state index contributed by atoms with van der Waals surface area (Å²) in [5.41, 5.74) is 2.15. The molecule has 0 bridgehead atoms. The highest BCUT2D eigenvalue weighted by Gasteiger charge is 2.21. The largest absolute Gasteiger partial charge is 0.478 e. The van der Waals surface area contributed by atoms with Gasteiger partial charge in [0.1, 0.15) is 5.01 Å². The van der Waals surface area contributed by atoms with Crippen LogP contribution in [0.4, 0.5) is 5.69 Å². The van der Waals surface area contributed by atoms with Crippen molar-refractivity contribution in [2.45, 2.75) is 0 Å². The zero-order valence-electron chi connectivity index (χ0n) is 15.6. The van der Waals surface area contributed by atoms with Crippen LogP contribution in [0.15, 0.2) is 66.0 Å². The van der Waals surface area contributed by atoms with Crippen LogP contribution >= 0.6 is 34.5 Å². The van der Waals surface area contributed by atoms with Crippen molar-refractivity contribution in [3.8, 4) is 33.0 Å². The molecule has 4 rings (SSSR count). The average Bonchev–Trinajstić information content (AvgIpc) is 3.25. The van der Waals surface area contributed by atoms with Gasteiger partial charge in [-0.2, -0.15) is 0 Å². The van der Waals surface area contributed by atoms with Crippen molar-refractivity contribution >= 4 is 46.2 Å². The van der Waals surface area contributed by atoms with Gasteiger partial charge in [-0.25, -0.2) is 9.78 Å². The predicted molar refractivity (Wildman–Crippen MR) is 122 cm³/mol. The Morgan fingerprint density at radius 2 is 1.77 bits per heavy atom. The average molecular weight is 471 g/mol. The number of nitro benzene ring substituents is 1. The molecular formula is C22H12Cl2N2O4S. The summed E-state index contributed by atoms with van der Waals surface area (Å²) in [6.45, 7) is 0. The second kappa shape index (κ2) is 8.47. The maximum Gasteiger partial charge on any atom is 0.336 e. The molecule has 4 aromatic rings. The molecule has 0 atom stereocenters. The molecule has 9 heteroatoms. The Balaban J connectivity index is 1.80. The normalized spacial score (nSPS) is 10.8. The first-order valence-electron chi connectivity index (χ1n) is 8.87. The summed E-state index contributed by atoms with van der Waals surface area (Å²) in [4.78, 5) is 27.4. The Hall–Kier alpha value is -3.26. The number of rotatable bonds is 5. The van der Waals surface area contributed by atoms with Crippen LogP contribution in [-0.2, 0) is 0 Å². The molecule has 0 aliphatic heterocycles. The zero-order valence-corrected chi connectivity index (χ0v) is 17.9. The molecule has 0 radical (unpaired) electrons. The van der Waals surface area contributed by atoms with E-state index >= 15 is 0 Å². The van der Waals surface area contributed by atoms with Crippen LogP contribution in [0.1, 0.15) is 10.4 Å². The monoisotopic (exact) mass is 470 g/mol. The van der Waals surface area contributed by atoms with Crippen molar-refractivity contribution in [3.63, 3.8) is 0 Å². The summed E-state index contributed by atoms with van der Waals surface area (Å²) in [5, 5.41) is 24.6. The van der Waals surface area contributed by atoms with E-state index in [1.54, 1.807) is 36.4 Å². The van der Waals surface area contributed by atoms with Crippen molar-refractivity contribution in [2.24, 2.45) is 0 Å². The molecule has 1 N–H and O–H groups in total. The van der Waals surface area contributed by atoms with E-state index in [0.29, 0.717) is 31.9 Å². The fourth-order valence-corrected chi connectivity index (χ4v) is 4.38. The molecule has 154 valence electrons. The van der Waals surface area contributed by atoms with Gasteiger partial charge in [0.25, 0.3) is 5.69 Å². The number of halogens is 2. The Morgan fingerprint density at radius 1 is 1.00 bits per heavy atom. The summed E-state index contributed by atoms with van der Waals surface area (Å²) in [6, 6.07) is 15.8. The number of hydrogen-bond acceptors (Lipinski definition) is 5. The number of thiazole rings is 1. The molecule has 6 nitrogen and oxygen atoms in total. The van der Waals surface area contributed by atoms with Crippen molar-refractivity contribution in [2.75, 3.05) is 0 Å². The molecule has 31 heavy (non-hydrogen) atoms. The topological polar surface area (TPSA) is 93.3 Å². The van der Waals surface area contributed by atoms with E-state index in [9.17, 15) is 20.0 Å². The molecular weight excluding hydrogens is 459 g/mol. The van der Waals surface area contributed by atoms with Crippen LogP contribution in [0.2, 0.25) is 10.0 Å². The summed E-state index contributed by atoms with van der Waals surface area (Å²) >= 11 is 13.6. The number of aromatic carboxylic acids is 1. The molecule has 3 aromatic carbocycles. The van der Waals surface area contributed by atoms with E-state index in [1.807, 2.05) is 5.38 Å². The van der Waals surface area contributed by atoms with Gasteiger partial charge >= 0.3 is 5.97 Å². The van der Waals surface area contributed by atoms with Gasteiger partial charge in [-0.15, -0.1) is 11.3 Å². The molecule has 0 spiro atoms. The number of nitrogens with zero attached hydrogens (tertiary/aromatic N) is 2. The van der Waals surface area contributed by atoms with Crippen molar-refractivity contribution in [3.05, 3.63) is 91.8 Å². The Kier molecular flexibility index (Phi) is 5.73. The molecule has 0 unspecified atom stereocenters. The number of hydrogen-bond donors (Lipinski definition) is 1. The number of carbonyl (C=O) groups is 1. The fraction of sp³-hybridized carbons (Fsp3) is 0. The van der Waals surface area contributed by atoms with Crippen LogP contribution in [0.25, 0.3) is 33.0 Å². The van der Waals surface area contributed by atoms with Crippen molar-refractivity contribution < 1.29 is 14.8 Å². The molecule has 0 amide bonds. The van der Waals surface area contributed by atoms with Crippen molar-refractivity contribution in [1.29, 1.82) is 0 Å². The molecule has 0 saturated carbocycles. The SMILES string of the molecule is O=C(O)c1cc(-c2nc(-c3cc(Cl)ccc3Cl)cs2)ccc1-c1ccccc1[N+](=O)[O-]. The van der Waals surface area contributed by atoms with Gasteiger partial charge in [0.2, 0.25) is 0 Å². The summed E-state index contributed by atoms with van der Waals surface area (Å²) in [5.74, 6) is -1.19. The van der Waals surface area contributed by atoms with Crippen LogP contribution in [0, 0.1) is 10.1 Å². The fourth-order valence-electron chi connectivity index (χ4n) is 3.17. The molecule has 1 aromatic heterocycles. The second-order valence-electron chi connectivity index (χ2n) is 6.50. The van der Waals surface area contributed by atoms with Gasteiger partial charge in [0, 0.05) is 33.2 Å². The van der Waals surface area contributed by atoms with Crippen LogP contribution < -0.4 is 0 Å². The number of aromatic nitrogens is 1. The van der Waals surface area contributed by atoms with Gasteiger partial charge in [-0.1, -0.05) is 47.5 Å². The molecule has 0 aliphatic rings. The minimum Gasteiger partial charge on any atom is -0.478 e. The highest BCUT2D eigenvalue weighted by molar-refractivity contribution is 7.13. The van der Waals surface area contributed by atoms with E-state index < -0.39 is 10.9 Å². The Bertz CT molecular complexity index is 1340. The third kappa shape index (κ3) is 4.16. The minimum atomic E-state index is -1.19. The highest BCUT2D eigenvalue weighted by atomic mass is 35.5. The van der Waals surface area contributed by atoms with Crippen LogP contribution in [0.3, 0.4) is 0 Å². The van der Waals surface area contributed by atoms with Crippen molar-refractivity contribution in [1.82, 2.24) is 4.98 Å². The van der Waals surface area contributed by atoms with E-state index in [-0.39, 0.29) is 22.4 Å². The Morgan fingerprint density at radius 3 is 2.52 bits per heavy atom. The first-order valence-corrected chi connectivity index (χ1v) is 10.5. The standard InChI is InChI=1S/C22H12Cl2N2O4S/c23-13-6-8-18(24)17(10-13)19-11-31-21(25-19)12-5-7-14(16(9-12)22(27)28)15-3-1-2-4-20(15)26(29)30/h1-11H,(H,27,28). The number of nitro groups is 1. The van der Waals surface area contributed by atoms with E-state index in [1.165, 1.54) is 35.6 Å². The third-order valence-corrected chi connectivity index (χ3v) is 6.05. The highest BCUT2D eigenvalue weighted by Crippen LogP contribution is 2.37. The number of benzene rings is 3. The molecule has 1 heterocycles. The number of carboxylic acid groups (broad SMARTS) is 1. The maximum absolute atomic E-state index is 11.9. The summed E-state index contributed by atoms with van der Waals surface area (Å²) in [7, 11) is 0. The van der Waals surface area contributed by atoms with E-state index in [0.717, 1.165) is 0 Å². The predicted octanol–water partition coefficient (Wildman–Crippen LogP) is 7.06. The number of para-hydroxylation sites is 1. The first-order chi connectivity index (χ1) is 14.8. The third-order valence-electron chi connectivity index (χ3n) is 4.60. The minimum absolute atomic E-state index is 0.0515. The number of carboxylic acids is 1. The van der Waals surface area contributed by atoms with E-state index in [4.69, 9.17) is 23.2 Å². The lowest BCUT2D eigenvalue weighted by molar-refractivity contribution is -0.384. The van der Waals surface area contributed by atoms with Gasteiger partial charge in [-0.3, -0.25) is 10.1 Å². The summed E-state index contributed by atoms with van der Waals surface area (Å²) in [6.07, 6.45) is 0. The summed E-state index contributed by atoms with van der Waals surface area (Å²) < 4.78 is 0. The zero-order chi connectivity index (χ0) is 22.1. The maximum atomic E-state index is 11.9.